The van der Waals surface area contributed by atoms with Gasteiger partial charge in [0, 0.05) is 7.11 Å². The predicted molar refractivity (Wildman–Crippen MR) is 33.5 cm³/mol. The van der Waals surface area contributed by atoms with Crippen LogP contribution in [0, 0.1) is 0 Å². The van der Waals surface area contributed by atoms with Gasteiger partial charge >= 0.3 is 5.97 Å². The van der Waals surface area contributed by atoms with Crippen LogP contribution in [0.2, 0.25) is 0 Å². The first-order valence-corrected chi connectivity index (χ1v) is 2.78. The summed E-state index contributed by atoms with van der Waals surface area (Å²) in [6.07, 6.45) is -0.715. The monoisotopic (exact) mass is 146 g/mol. The first-order valence-electron chi connectivity index (χ1n) is 2.78. The van der Waals surface area contributed by atoms with Gasteiger partial charge in [-0.25, -0.2) is 4.79 Å². The van der Waals surface area contributed by atoms with Gasteiger partial charge in [-0.05, 0) is 6.92 Å². The van der Waals surface area contributed by atoms with Crippen molar-refractivity contribution in [3.8, 4) is 0 Å². The summed E-state index contributed by atoms with van der Waals surface area (Å²) in [4.78, 5) is 21.2. The van der Waals surface area contributed by atoms with Crippen molar-refractivity contribution in [1.29, 1.82) is 0 Å². The summed E-state index contributed by atoms with van der Waals surface area (Å²) >= 11 is 0. The highest BCUT2D eigenvalue weighted by Crippen LogP contribution is 1.91. The van der Waals surface area contributed by atoms with Crippen LogP contribution in [0.25, 0.3) is 0 Å². The summed E-state index contributed by atoms with van der Waals surface area (Å²) in [6.45, 7) is 1.49. The second kappa shape index (κ2) is 4.00. The Morgan fingerprint density at radius 1 is 1.30 bits per heavy atom. The Morgan fingerprint density at radius 2 is 1.80 bits per heavy atom. The number of hydrogen-bond donors (Lipinski definition) is 0. The standard InChI is InChI=1S/C6H10O4/c1-4(9-2)5(7)6(8)10-3/h4H,1-3H3/t4-/m1/s1. The van der Waals surface area contributed by atoms with Gasteiger partial charge in [0.05, 0.1) is 7.11 Å². The van der Waals surface area contributed by atoms with Crippen LogP contribution in [-0.4, -0.2) is 32.1 Å². The van der Waals surface area contributed by atoms with E-state index >= 15 is 0 Å². The Balaban J connectivity index is 3.95. The van der Waals surface area contributed by atoms with E-state index < -0.39 is 17.9 Å². The number of Topliss-reactive ketones (excluding diaryl/α,β-unsaturated/α-hetero) is 1. The molecule has 1 atom stereocenters. The van der Waals surface area contributed by atoms with Crippen molar-refractivity contribution in [3.63, 3.8) is 0 Å². The molecule has 0 amide bonds. The predicted octanol–water partition coefficient (Wildman–Crippen LogP) is -0.237. The second-order valence-corrected chi connectivity index (χ2v) is 1.73. The Kier molecular flexibility index (Phi) is 3.64. The van der Waals surface area contributed by atoms with Crippen molar-refractivity contribution in [3.05, 3.63) is 0 Å². The third-order valence-corrected chi connectivity index (χ3v) is 1.11. The topological polar surface area (TPSA) is 52.6 Å². The number of hydrogen-bond acceptors (Lipinski definition) is 4. The molecule has 0 N–H and O–H groups in total. The van der Waals surface area contributed by atoms with E-state index in [9.17, 15) is 9.59 Å². The van der Waals surface area contributed by atoms with Gasteiger partial charge in [0.15, 0.2) is 0 Å². The zero-order chi connectivity index (χ0) is 8.15. The molecular weight excluding hydrogens is 136 g/mol. The Bertz CT molecular complexity index is 141. The summed E-state index contributed by atoms with van der Waals surface area (Å²) < 4.78 is 8.75. The van der Waals surface area contributed by atoms with Crippen LogP contribution in [-0.2, 0) is 19.1 Å². The van der Waals surface area contributed by atoms with Crippen molar-refractivity contribution < 1.29 is 19.1 Å². The van der Waals surface area contributed by atoms with E-state index in [-0.39, 0.29) is 0 Å². The van der Waals surface area contributed by atoms with E-state index in [4.69, 9.17) is 0 Å². The van der Waals surface area contributed by atoms with Crippen LogP contribution < -0.4 is 0 Å². The van der Waals surface area contributed by atoms with Crippen LogP contribution in [0.15, 0.2) is 0 Å². The minimum atomic E-state index is -0.866. The maximum Gasteiger partial charge on any atom is 0.377 e. The van der Waals surface area contributed by atoms with E-state index in [2.05, 4.69) is 9.47 Å². The molecule has 0 aromatic carbocycles. The van der Waals surface area contributed by atoms with Crippen molar-refractivity contribution in [2.45, 2.75) is 13.0 Å². The molecule has 0 rings (SSSR count). The smallest absolute Gasteiger partial charge is 0.377 e. The van der Waals surface area contributed by atoms with Crippen LogP contribution in [0.4, 0.5) is 0 Å². The number of ether oxygens (including phenoxy) is 2. The van der Waals surface area contributed by atoms with Crippen LogP contribution in [0.1, 0.15) is 6.92 Å². The lowest BCUT2D eigenvalue weighted by Gasteiger charge is -2.04. The molecule has 0 unspecified atom stereocenters. The zero-order valence-corrected chi connectivity index (χ0v) is 6.21. The normalized spacial score (nSPS) is 12.3. The highest BCUT2D eigenvalue weighted by molar-refractivity contribution is 6.35. The molecule has 0 aliphatic heterocycles. The van der Waals surface area contributed by atoms with E-state index in [1.807, 2.05) is 0 Å². The largest absolute Gasteiger partial charge is 0.463 e. The molecule has 0 spiro atoms. The molecule has 0 radical (unpaired) electrons. The fourth-order valence-corrected chi connectivity index (χ4v) is 0.374. The van der Waals surface area contributed by atoms with Gasteiger partial charge in [-0.2, -0.15) is 0 Å². The van der Waals surface area contributed by atoms with E-state index in [0.29, 0.717) is 0 Å². The lowest BCUT2D eigenvalue weighted by molar-refractivity contribution is -0.155. The lowest BCUT2D eigenvalue weighted by Crippen LogP contribution is -2.28. The van der Waals surface area contributed by atoms with E-state index in [1.54, 1.807) is 0 Å². The van der Waals surface area contributed by atoms with Crippen LogP contribution in [0.5, 0.6) is 0 Å². The average Bonchev–Trinajstić information content (AvgIpc) is 2.00. The van der Waals surface area contributed by atoms with Gasteiger partial charge in [-0.1, -0.05) is 0 Å². The van der Waals surface area contributed by atoms with Crippen molar-refractivity contribution in [2.75, 3.05) is 14.2 Å². The molecule has 0 saturated heterocycles. The number of carbonyl (C=O) groups excluding carboxylic acids is 2. The molecule has 0 fully saturated rings. The summed E-state index contributed by atoms with van der Waals surface area (Å²) in [5.74, 6) is -1.53. The number of esters is 1. The average molecular weight is 146 g/mol. The Labute approximate surface area is 59.1 Å². The van der Waals surface area contributed by atoms with Gasteiger partial charge in [-0.15, -0.1) is 0 Å². The maximum atomic E-state index is 10.7. The molecule has 10 heavy (non-hydrogen) atoms. The SMILES string of the molecule is COC(=O)C(=O)[C@@H](C)OC. The van der Waals surface area contributed by atoms with E-state index in [0.717, 1.165) is 7.11 Å². The minimum absolute atomic E-state index is 0.662. The van der Waals surface area contributed by atoms with Gasteiger partial charge in [0.2, 0.25) is 0 Å². The molecule has 0 bridgehead atoms. The third kappa shape index (κ3) is 2.14. The summed E-state index contributed by atoms with van der Waals surface area (Å²) in [6, 6.07) is 0. The number of carbonyl (C=O) groups is 2. The number of methoxy groups -OCH3 is 2. The highest BCUT2D eigenvalue weighted by Gasteiger charge is 2.20. The van der Waals surface area contributed by atoms with Gasteiger partial charge in [-0.3, -0.25) is 4.79 Å². The molecule has 4 heteroatoms. The highest BCUT2D eigenvalue weighted by atomic mass is 16.5. The number of ketones is 1. The summed E-state index contributed by atoms with van der Waals surface area (Å²) in [5, 5.41) is 0. The molecule has 0 aliphatic rings. The van der Waals surface area contributed by atoms with Gasteiger partial charge in [0.25, 0.3) is 5.78 Å². The number of rotatable bonds is 3. The lowest BCUT2D eigenvalue weighted by atomic mass is 10.3. The van der Waals surface area contributed by atoms with Crippen molar-refractivity contribution in [2.24, 2.45) is 0 Å². The van der Waals surface area contributed by atoms with Crippen LogP contribution in [0.3, 0.4) is 0 Å². The molecule has 0 saturated carbocycles. The fourth-order valence-electron chi connectivity index (χ4n) is 0.374. The van der Waals surface area contributed by atoms with E-state index in [1.165, 1.54) is 14.0 Å². The van der Waals surface area contributed by atoms with Gasteiger partial charge < -0.3 is 9.47 Å². The van der Waals surface area contributed by atoms with Crippen molar-refractivity contribution in [1.82, 2.24) is 0 Å². The molecule has 0 aromatic rings. The molecule has 0 heterocycles. The Hall–Kier alpha value is -0.900. The quantitative estimate of drug-likeness (QED) is 0.407. The summed E-state index contributed by atoms with van der Waals surface area (Å²) in [5.41, 5.74) is 0. The van der Waals surface area contributed by atoms with Gasteiger partial charge in [0.1, 0.15) is 6.10 Å². The minimum Gasteiger partial charge on any atom is -0.463 e. The van der Waals surface area contributed by atoms with Crippen LogP contribution >= 0.6 is 0 Å². The second-order valence-electron chi connectivity index (χ2n) is 1.73. The Morgan fingerprint density at radius 3 is 2.10 bits per heavy atom. The first-order chi connectivity index (χ1) is 4.63. The molecule has 0 aliphatic carbocycles. The molecular formula is C6H10O4. The molecule has 4 nitrogen and oxygen atoms in total. The van der Waals surface area contributed by atoms with Crippen molar-refractivity contribution >= 4 is 11.8 Å². The molecule has 58 valence electrons. The third-order valence-electron chi connectivity index (χ3n) is 1.11. The molecule has 0 aromatic heterocycles. The zero-order valence-electron chi connectivity index (χ0n) is 6.21. The maximum absolute atomic E-state index is 10.7. The fraction of sp³-hybridized carbons (Fsp3) is 0.667. The summed E-state index contributed by atoms with van der Waals surface area (Å²) in [7, 11) is 2.51. The first kappa shape index (κ1) is 9.10.